The first-order valence-electron chi connectivity index (χ1n) is 5.38. The number of hydrogen-bond donors (Lipinski definition) is 1. The van der Waals surface area contributed by atoms with Crippen LogP contribution in [0.15, 0.2) is 4.52 Å². The van der Waals surface area contributed by atoms with Gasteiger partial charge in [-0.15, -0.1) is 0 Å². The molecule has 1 aliphatic heterocycles. The van der Waals surface area contributed by atoms with Gasteiger partial charge in [-0.3, -0.25) is 0 Å². The highest BCUT2D eigenvalue weighted by molar-refractivity contribution is 4.89. The second-order valence-corrected chi connectivity index (χ2v) is 3.87. The van der Waals surface area contributed by atoms with Gasteiger partial charge in [0.1, 0.15) is 0 Å². The number of aromatic nitrogens is 2. The topological polar surface area (TPSA) is 68.4 Å². The molecule has 2 rings (SSSR count). The summed E-state index contributed by atoms with van der Waals surface area (Å²) in [4.78, 5) is 4.20. The zero-order valence-electron chi connectivity index (χ0n) is 8.69. The van der Waals surface area contributed by atoms with Crippen molar-refractivity contribution in [2.75, 3.05) is 19.8 Å². The van der Waals surface area contributed by atoms with Gasteiger partial charge in [0.05, 0.1) is 13.0 Å². The predicted molar refractivity (Wildman–Crippen MR) is 52.3 cm³/mol. The van der Waals surface area contributed by atoms with Gasteiger partial charge < -0.3 is 14.4 Å². The number of aliphatic hydroxyl groups excluding tert-OH is 1. The minimum absolute atomic E-state index is 0.0498. The van der Waals surface area contributed by atoms with Crippen LogP contribution in [0.1, 0.15) is 24.6 Å². The molecule has 0 aliphatic carbocycles. The zero-order valence-corrected chi connectivity index (χ0v) is 8.69. The molecule has 1 N–H and O–H groups in total. The molecular formula is C10H16N2O3. The largest absolute Gasteiger partial charge is 0.396 e. The summed E-state index contributed by atoms with van der Waals surface area (Å²) in [5, 5.41) is 12.6. The lowest BCUT2D eigenvalue weighted by Crippen LogP contribution is -2.19. The summed E-state index contributed by atoms with van der Waals surface area (Å²) in [5.74, 6) is 1.76. The Labute approximate surface area is 88.4 Å². The van der Waals surface area contributed by atoms with E-state index in [1.54, 1.807) is 0 Å². The van der Waals surface area contributed by atoms with Gasteiger partial charge >= 0.3 is 0 Å². The molecule has 84 valence electrons. The molecule has 0 spiro atoms. The van der Waals surface area contributed by atoms with Crippen molar-refractivity contribution < 1.29 is 14.4 Å². The molecule has 1 aromatic heterocycles. The zero-order chi connectivity index (χ0) is 10.5. The van der Waals surface area contributed by atoms with Crippen LogP contribution in [0.2, 0.25) is 0 Å². The Morgan fingerprint density at radius 1 is 1.47 bits per heavy atom. The van der Waals surface area contributed by atoms with Crippen LogP contribution in [0.4, 0.5) is 0 Å². The summed E-state index contributed by atoms with van der Waals surface area (Å²) in [6, 6.07) is 0. The molecule has 5 heteroatoms. The average molecular weight is 212 g/mol. The van der Waals surface area contributed by atoms with E-state index in [1.807, 2.05) is 0 Å². The van der Waals surface area contributed by atoms with Gasteiger partial charge in [-0.2, -0.15) is 4.98 Å². The van der Waals surface area contributed by atoms with Crippen molar-refractivity contribution in [2.24, 2.45) is 5.92 Å². The van der Waals surface area contributed by atoms with E-state index in [4.69, 9.17) is 14.4 Å². The van der Waals surface area contributed by atoms with Crippen LogP contribution in [0.3, 0.4) is 0 Å². The first-order valence-corrected chi connectivity index (χ1v) is 5.38. The normalized spacial score (nSPS) is 21.8. The van der Waals surface area contributed by atoms with Gasteiger partial charge in [-0.05, 0) is 18.8 Å². The summed E-state index contributed by atoms with van der Waals surface area (Å²) in [6.45, 7) is 1.72. The van der Waals surface area contributed by atoms with Gasteiger partial charge in [0.2, 0.25) is 5.89 Å². The molecule has 0 saturated carbocycles. The molecule has 0 bridgehead atoms. The third-order valence-corrected chi connectivity index (χ3v) is 2.56. The predicted octanol–water partition coefficient (Wildman–Crippen LogP) is 0.573. The van der Waals surface area contributed by atoms with E-state index in [0.29, 0.717) is 18.2 Å². The summed E-state index contributed by atoms with van der Waals surface area (Å²) >= 11 is 0. The van der Waals surface area contributed by atoms with Crippen molar-refractivity contribution in [1.82, 2.24) is 10.1 Å². The first-order chi connectivity index (χ1) is 7.38. The van der Waals surface area contributed by atoms with Crippen LogP contribution in [-0.2, 0) is 17.6 Å². The fraction of sp³-hybridized carbons (Fsp3) is 0.800. The maximum absolute atomic E-state index is 8.70. The molecule has 1 atom stereocenters. The monoisotopic (exact) mass is 212 g/mol. The van der Waals surface area contributed by atoms with E-state index in [2.05, 4.69) is 10.1 Å². The molecule has 0 radical (unpaired) electrons. The van der Waals surface area contributed by atoms with Gasteiger partial charge in [-0.1, -0.05) is 5.16 Å². The molecule has 0 amide bonds. The van der Waals surface area contributed by atoms with Crippen molar-refractivity contribution in [3.05, 3.63) is 11.7 Å². The Morgan fingerprint density at radius 2 is 2.40 bits per heavy atom. The van der Waals surface area contributed by atoms with E-state index in [9.17, 15) is 0 Å². The highest BCUT2D eigenvalue weighted by atomic mass is 16.5. The molecule has 15 heavy (non-hydrogen) atoms. The molecule has 1 unspecified atom stereocenters. The Kier molecular flexibility index (Phi) is 3.69. The Hall–Kier alpha value is -0.940. The van der Waals surface area contributed by atoms with E-state index in [1.165, 1.54) is 6.42 Å². The van der Waals surface area contributed by atoms with E-state index < -0.39 is 0 Å². The van der Waals surface area contributed by atoms with E-state index in [0.717, 1.165) is 31.9 Å². The second kappa shape index (κ2) is 5.23. The summed E-state index contributed by atoms with van der Waals surface area (Å²) in [7, 11) is 0. The van der Waals surface area contributed by atoms with Crippen molar-refractivity contribution in [3.63, 3.8) is 0 Å². The van der Waals surface area contributed by atoms with Crippen LogP contribution in [0, 0.1) is 5.92 Å². The highest BCUT2D eigenvalue weighted by Gasteiger charge is 2.17. The molecule has 0 aromatic carbocycles. The van der Waals surface area contributed by atoms with Crippen molar-refractivity contribution >= 4 is 0 Å². The molecule has 2 heterocycles. The molecule has 5 nitrogen and oxygen atoms in total. The Balaban J connectivity index is 1.86. The maximum atomic E-state index is 8.70. The van der Waals surface area contributed by atoms with Crippen molar-refractivity contribution in [2.45, 2.75) is 25.7 Å². The van der Waals surface area contributed by atoms with Gasteiger partial charge in [0, 0.05) is 19.6 Å². The van der Waals surface area contributed by atoms with E-state index >= 15 is 0 Å². The highest BCUT2D eigenvalue weighted by Crippen LogP contribution is 2.17. The second-order valence-electron chi connectivity index (χ2n) is 3.87. The minimum atomic E-state index is 0.0498. The number of nitrogens with zero attached hydrogens (tertiary/aromatic N) is 2. The number of rotatable bonds is 4. The number of ether oxygens (including phenoxy) is 1. The van der Waals surface area contributed by atoms with Gasteiger partial charge in [-0.25, -0.2) is 0 Å². The Morgan fingerprint density at radius 3 is 3.13 bits per heavy atom. The third kappa shape index (κ3) is 3.00. The van der Waals surface area contributed by atoms with Crippen LogP contribution in [0.25, 0.3) is 0 Å². The lowest BCUT2D eigenvalue weighted by Gasteiger charge is -2.20. The summed E-state index contributed by atoms with van der Waals surface area (Å²) < 4.78 is 10.4. The Bertz CT molecular complexity index is 295. The molecular weight excluding hydrogens is 196 g/mol. The fourth-order valence-corrected chi connectivity index (χ4v) is 1.80. The number of aliphatic hydroxyl groups is 1. The summed E-state index contributed by atoms with van der Waals surface area (Å²) in [5.41, 5.74) is 0. The quantitative estimate of drug-likeness (QED) is 0.790. The fourth-order valence-electron chi connectivity index (χ4n) is 1.80. The van der Waals surface area contributed by atoms with Crippen LogP contribution in [0.5, 0.6) is 0 Å². The number of hydrogen-bond acceptors (Lipinski definition) is 5. The smallest absolute Gasteiger partial charge is 0.228 e. The minimum Gasteiger partial charge on any atom is -0.396 e. The van der Waals surface area contributed by atoms with Crippen molar-refractivity contribution in [1.29, 1.82) is 0 Å². The SMILES string of the molecule is OCCc1nc(CC2CCCOC2)no1. The molecule has 1 fully saturated rings. The molecule has 1 saturated heterocycles. The lowest BCUT2D eigenvalue weighted by atomic mass is 9.98. The van der Waals surface area contributed by atoms with Gasteiger partial charge in [0.15, 0.2) is 5.82 Å². The first kappa shape index (κ1) is 10.6. The molecule has 1 aromatic rings. The van der Waals surface area contributed by atoms with Crippen LogP contribution >= 0.6 is 0 Å². The van der Waals surface area contributed by atoms with Crippen LogP contribution in [-0.4, -0.2) is 35.1 Å². The summed E-state index contributed by atoms with van der Waals surface area (Å²) in [6.07, 6.45) is 3.54. The average Bonchev–Trinajstić information content (AvgIpc) is 2.68. The molecule has 1 aliphatic rings. The maximum Gasteiger partial charge on any atom is 0.228 e. The van der Waals surface area contributed by atoms with Gasteiger partial charge in [0.25, 0.3) is 0 Å². The standard InChI is InChI=1S/C10H16N2O3/c13-4-3-10-11-9(12-15-10)6-8-2-1-5-14-7-8/h8,13H,1-7H2. The van der Waals surface area contributed by atoms with Crippen LogP contribution < -0.4 is 0 Å². The third-order valence-electron chi connectivity index (χ3n) is 2.56. The lowest BCUT2D eigenvalue weighted by molar-refractivity contribution is 0.0541. The van der Waals surface area contributed by atoms with Crippen molar-refractivity contribution in [3.8, 4) is 0 Å². The van der Waals surface area contributed by atoms with E-state index in [-0.39, 0.29) is 6.61 Å².